The predicted molar refractivity (Wildman–Crippen MR) is 137 cm³/mol. The fourth-order valence-corrected chi connectivity index (χ4v) is 6.10. The van der Waals surface area contributed by atoms with Crippen LogP contribution in [0.1, 0.15) is 64.0 Å². The number of aryl methyl sites for hydroxylation is 1. The van der Waals surface area contributed by atoms with Crippen molar-refractivity contribution in [2.75, 3.05) is 13.1 Å². The summed E-state index contributed by atoms with van der Waals surface area (Å²) in [6.45, 7) is 11.1. The molecule has 1 unspecified atom stereocenters. The van der Waals surface area contributed by atoms with E-state index in [9.17, 15) is 4.79 Å². The van der Waals surface area contributed by atoms with Gasteiger partial charge in [0, 0.05) is 23.0 Å². The van der Waals surface area contributed by atoms with Crippen molar-refractivity contribution in [1.29, 1.82) is 0 Å². The molecule has 0 radical (unpaired) electrons. The van der Waals surface area contributed by atoms with Crippen LogP contribution in [0.25, 0.3) is 10.8 Å². The van der Waals surface area contributed by atoms with E-state index in [1.54, 1.807) is 6.20 Å². The standard InChI is InChI=1S/C29H38N2O2/c1-5-27(31(6-2)7-3)29(23-11-9-8-10-12-23)16-13-24(14-17-29)33-26-20-22-15-18-30-28(32)25(22)19-21(26)4/h8-12,15,18-20,24,27H,5-7,13-14,16-17H2,1-4H3,(H,30,32)/t24-,27?,29+. The summed E-state index contributed by atoms with van der Waals surface area (Å²) in [7, 11) is 0. The number of H-pyrrole nitrogens is 1. The van der Waals surface area contributed by atoms with Gasteiger partial charge in [-0.3, -0.25) is 4.79 Å². The summed E-state index contributed by atoms with van der Waals surface area (Å²) in [5.41, 5.74) is 2.61. The SMILES string of the molecule is CCC(N(CC)CC)[C@]1(c2ccccc2)CC[C@H](Oc2cc3cc[nH]c(=O)c3cc2C)CC1. The molecule has 1 fully saturated rings. The number of likely N-dealkylation sites (N-methyl/N-ethyl adjacent to an activating group) is 1. The van der Waals surface area contributed by atoms with Gasteiger partial charge in [0.05, 0.1) is 6.10 Å². The van der Waals surface area contributed by atoms with Gasteiger partial charge in [0.1, 0.15) is 5.75 Å². The van der Waals surface area contributed by atoms with Crippen molar-refractivity contribution in [2.24, 2.45) is 0 Å². The normalized spacial score (nSPS) is 21.9. The van der Waals surface area contributed by atoms with E-state index in [1.165, 1.54) is 5.56 Å². The third-order valence-corrected chi connectivity index (χ3v) is 7.81. The van der Waals surface area contributed by atoms with Gasteiger partial charge in [0.2, 0.25) is 0 Å². The first-order valence-corrected chi connectivity index (χ1v) is 12.6. The molecule has 2 aromatic carbocycles. The molecule has 0 amide bonds. The topological polar surface area (TPSA) is 45.3 Å². The highest BCUT2D eigenvalue weighted by Gasteiger charge is 2.44. The number of benzene rings is 2. The third kappa shape index (κ3) is 4.59. The van der Waals surface area contributed by atoms with E-state index >= 15 is 0 Å². The molecular weight excluding hydrogens is 408 g/mol. The first kappa shape index (κ1) is 23.6. The molecule has 0 saturated heterocycles. The van der Waals surface area contributed by atoms with Crippen molar-refractivity contribution in [3.63, 3.8) is 0 Å². The number of rotatable bonds is 8. The number of ether oxygens (including phenoxy) is 1. The zero-order valence-electron chi connectivity index (χ0n) is 20.6. The number of fused-ring (bicyclic) bond motifs is 1. The van der Waals surface area contributed by atoms with Crippen LogP contribution in [-0.4, -0.2) is 35.1 Å². The summed E-state index contributed by atoms with van der Waals surface area (Å²) in [4.78, 5) is 17.5. The van der Waals surface area contributed by atoms with Crippen LogP contribution < -0.4 is 10.3 Å². The largest absolute Gasteiger partial charge is 0.490 e. The van der Waals surface area contributed by atoms with E-state index in [0.29, 0.717) is 6.04 Å². The van der Waals surface area contributed by atoms with Gasteiger partial charge >= 0.3 is 0 Å². The van der Waals surface area contributed by atoms with Crippen LogP contribution in [0.15, 0.2) is 59.5 Å². The Hall–Kier alpha value is -2.59. The highest BCUT2D eigenvalue weighted by Crippen LogP contribution is 2.46. The van der Waals surface area contributed by atoms with Gasteiger partial charge in [-0.05, 0) is 86.8 Å². The van der Waals surface area contributed by atoms with Crippen molar-refractivity contribution in [1.82, 2.24) is 9.88 Å². The van der Waals surface area contributed by atoms with E-state index in [0.717, 1.165) is 67.3 Å². The monoisotopic (exact) mass is 446 g/mol. The van der Waals surface area contributed by atoms with Crippen molar-refractivity contribution < 1.29 is 4.74 Å². The van der Waals surface area contributed by atoms with Crippen LogP contribution in [0.5, 0.6) is 5.75 Å². The number of pyridine rings is 1. The minimum absolute atomic E-state index is 0.0468. The molecule has 1 atom stereocenters. The number of hydrogen-bond donors (Lipinski definition) is 1. The lowest BCUT2D eigenvalue weighted by molar-refractivity contribution is 0.0506. The lowest BCUT2D eigenvalue weighted by atomic mass is 9.63. The average molecular weight is 447 g/mol. The maximum absolute atomic E-state index is 12.1. The van der Waals surface area contributed by atoms with E-state index in [1.807, 2.05) is 25.1 Å². The molecule has 1 aliphatic carbocycles. The lowest BCUT2D eigenvalue weighted by Crippen LogP contribution is -2.53. The Morgan fingerprint density at radius 3 is 2.39 bits per heavy atom. The van der Waals surface area contributed by atoms with E-state index < -0.39 is 0 Å². The smallest absolute Gasteiger partial charge is 0.255 e. The van der Waals surface area contributed by atoms with Gasteiger partial charge in [-0.15, -0.1) is 0 Å². The highest BCUT2D eigenvalue weighted by molar-refractivity contribution is 5.83. The van der Waals surface area contributed by atoms with Crippen molar-refractivity contribution in [3.05, 3.63) is 76.2 Å². The molecule has 0 bridgehead atoms. The molecule has 33 heavy (non-hydrogen) atoms. The Balaban J connectivity index is 1.59. The average Bonchev–Trinajstić information content (AvgIpc) is 2.85. The first-order chi connectivity index (χ1) is 16.0. The molecule has 0 spiro atoms. The van der Waals surface area contributed by atoms with Crippen LogP contribution in [0.3, 0.4) is 0 Å². The van der Waals surface area contributed by atoms with Crippen molar-refractivity contribution >= 4 is 10.8 Å². The number of hydrogen-bond acceptors (Lipinski definition) is 3. The molecule has 1 saturated carbocycles. The molecule has 176 valence electrons. The van der Waals surface area contributed by atoms with Gasteiger partial charge in [0.15, 0.2) is 0 Å². The lowest BCUT2D eigenvalue weighted by Gasteiger charge is -2.49. The molecule has 4 rings (SSSR count). The first-order valence-electron chi connectivity index (χ1n) is 12.6. The molecule has 1 aromatic heterocycles. The summed E-state index contributed by atoms with van der Waals surface area (Å²) in [5, 5.41) is 1.65. The molecule has 1 heterocycles. The van der Waals surface area contributed by atoms with E-state index in [2.05, 4.69) is 61.0 Å². The van der Waals surface area contributed by atoms with Crippen molar-refractivity contribution in [2.45, 2.75) is 77.4 Å². The molecule has 0 aliphatic heterocycles. The second-order valence-corrected chi connectivity index (χ2v) is 9.50. The van der Waals surface area contributed by atoms with Gasteiger partial charge in [-0.25, -0.2) is 0 Å². The molecular formula is C29H38N2O2. The second kappa shape index (κ2) is 10.1. The molecule has 1 aliphatic rings. The van der Waals surface area contributed by atoms with Crippen LogP contribution in [0, 0.1) is 6.92 Å². The summed E-state index contributed by atoms with van der Waals surface area (Å²) in [6, 6.07) is 17.6. The van der Waals surface area contributed by atoms with E-state index in [-0.39, 0.29) is 17.1 Å². The Morgan fingerprint density at radius 2 is 1.76 bits per heavy atom. The van der Waals surface area contributed by atoms with Gasteiger partial charge in [-0.2, -0.15) is 0 Å². The fourth-order valence-electron chi connectivity index (χ4n) is 6.10. The highest BCUT2D eigenvalue weighted by atomic mass is 16.5. The zero-order valence-corrected chi connectivity index (χ0v) is 20.6. The Morgan fingerprint density at radius 1 is 1.06 bits per heavy atom. The molecule has 1 N–H and O–H groups in total. The van der Waals surface area contributed by atoms with Crippen LogP contribution in [0.2, 0.25) is 0 Å². The van der Waals surface area contributed by atoms with Crippen molar-refractivity contribution in [3.8, 4) is 5.75 Å². The minimum atomic E-state index is -0.0468. The summed E-state index contributed by atoms with van der Waals surface area (Å²) in [5.74, 6) is 0.904. The number of aromatic amines is 1. The van der Waals surface area contributed by atoms with Crippen LogP contribution in [-0.2, 0) is 5.41 Å². The van der Waals surface area contributed by atoms with Crippen LogP contribution >= 0.6 is 0 Å². The quantitative estimate of drug-likeness (QED) is 0.447. The summed E-state index contributed by atoms with van der Waals surface area (Å²) < 4.78 is 6.56. The third-order valence-electron chi connectivity index (χ3n) is 7.81. The Kier molecular flexibility index (Phi) is 7.23. The van der Waals surface area contributed by atoms with Crippen LogP contribution in [0.4, 0.5) is 0 Å². The van der Waals surface area contributed by atoms with Gasteiger partial charge in [-0.1, -0.05) is 51.1 Å². The van der Waals surface area contributed by atoms with Gasteiger partial charge in [0.25, 0.3) is 5.56 Å². The number of nitrogens with zero attached hydrogens (tertiary/aromatic N) is 1. The Labute approximate surface area is 198 Å². The maximum Gasteiger partial charge on any atom is 0.255 e. The fraction of sp³-hybridized carbons (Fsp3) is 0.483. The van der Waals surface area contributed by atoms with Gasteiger partial charge < -0.3 is 14.6 Å². The zero-order chi connectivity index (χ0) is 23.4. The maximum atomic E-state index is 12.1. The molecule has 3 aromatic rings. The van der Waals surface area contributed by atoms with E-state index in [4.69, 9.17) is 4.74 Å². The summed E-state index contributed by atoms with van der Waals surface area (Å²) >= 11 is 0. The molecule has 4 nitrogen and oxygen atoms in total. The number of aromatic nitrogens is 1. The minimum Gasteiger partial charge on any atom is -0.490 e. The predicted octanol–water partition coefficient (Wildman–Crippen LogP) is 6.22. The number of nitrogens with one attached hydrogen (secondary N) is 1. The second-order valence-electron chi connectivity index (χ2n) is 9.50. The summed E-state index contributed by atoms with van der Waals surface area (Å²) in [6.07, 6.45) is 7.40. The molecule has 4 heteroatoms. The Bertz CT molecular complexity index is 1110.